The normalized spacial score (nSPS) is 10.6. The van der Waals surface area contributed by atoms with E-state index in [4.69, 9.17) is 0 Å². The van der Waals surface area contributed by atoms with Crippen molar-refractivity contribution in [2.45, 2.75) is 20.3 Å². The molecule has 0 radical (unpaired) electrons. The van der Waals surface area contributed by atoms with Crippen molar-refractivity contribution in [3.8, 4) is 0 Å². The van der Waals surface area contributed by atoms with Crippen LogP contribution >= 0.6 is 0 Å². The molecule has 1 N–H and O–H groups in total. The molecule has 0 saturated carbocycles. The Hall–Kier alpha value is -1.62. The van der Waals surface area contributed by atoms with Gasteiger partial charge < -0.3 is 10.2 Å². The minimum absolute atomic E-state index is 0.127. The van der Waals surface area contributed by atoms with E-state index >= 15 is 0 Å². The van der Waals surface area contributed by atoms with Crippen molar-refractivity contribution in [3.05, 3.63) is 34.4 Å². The molecule has 0 spiro atoms. The van der Waals surface area contributed by atoms with E-state index in [0.717, 1.165) is 38.3 Å². The maximum Gasteiger partial charge on any atom is 0.269 e. The monoisotopic (exact) mass is 251 g/mol. The minimum atomic E-state index is -0.385. The molecule has 0 atom stereocenters. The highest BCUT2D eigenvalue weighted by atomic mass is 16.6. The zero-order chi connectivity index (χ0) is 13.4. The number of nitrogens with zero attached hydrogens (tertiary/aromatic N) is 2. The first kappa shape index (κ1) is 14.4. The molecule has 0 aromatic heterocycles. The summed E-state index contributed by atoms with van der Waals surface area (Å²) in [4.78, 5) is 12.5. The van der Waals surface area contributed by atoms with Gasteiger partial charge in [-0.05, 0) is 31.6 Å². The van der Waals surface area contributed by atoms with Crippen LogP contribution in [-0.4, -0.2) is 36.0 Å². The predicted molar refractivity (Wildman–Crippen MR) is 74.0 cm³/mol. The van der Waals surface area contributed by atoms with Gasteiger partial charge in [-0.1, -0.05) is 13.8 Å². The van der Waals surface area contributed by atoms with Crippen LogP contribution in [0.2, 0.25) is 0 Å². The highest BCUT2D eigenvalue weighted by Gasteiger charge is 2.04. The van der Waals surface area contributed by atoms with Crippen molar-refractivity contribution in [1.29, 1.82) is 0 Å². The molecule has 0 aliphatic carbocycles. The number of hydrogen-bond acceptors (Lipinski definition) is 4. The van der Waals surface area contributed by atoms with E-state index in [2.05, 4.69) is 24.1 Å². The van der Waals surface area contributed by atoms with Crippen LogP contribution in [0.3, 0.4) is 0 Å². The lowest BCUT2D eigenvalue weighted by atomic mass is 10.3. The molecule has 18 heavy (non-hydrogen) atoms. The maximum absolute atomic E-state index is 10.5. The third kappa shape index (κ3) is 4.71. The third-order valence-electron chi connectivity index (χ3n) is 2.82. The first-order valence-corrected chi connectivity index (χ1v) is 6.38. The van der Waals surface area contributed by atoms with Crippen molar-refractivity contribution in [2.24, 2.45) is 0 Å². The fraction of sp³-hybridized carbons (Fsp3) is 0.538. The Kier molecular flexibility index (Phi) is 6.14. The summed E-state index contributed by atoms with van der Waals surface area (Å²) >= 11 is 0. The van der Waals surface area contributed by atoms with E-state index < -0.39 is 0 Å². The molecule has 0 aliphatic heterocycles. The summed E-state index contributed by atoms with van der Waals surface area (Å²) in [5.74, 6) is 0. The van der Waals surface area contributed by atoms with Gasteiger partial charge in [-0.2, -0.15) is 0 Å². The molecule has 0 unspecified atom stereocenters. The van der Waals surface area contributed by atoms with Gasteiger partial charge in [0, 0.05) is 30.9 Å². The molecule has 5 heteroatoms. The van der Waals surface area contributed by atoms with E-state index in [0.29, 0.717) is 0 Å². The summed E-state index contributed by atoms with van der Waals surface area (Å²) in [5, 5.41) is 13.8. The number of anilines is 1. The van der Waals surface area contributed by atoms with Crippen LogP contribution in [0, 0.1) is 10.1 Å². The lowest BCUT2D eigenvalue weighted by molar-refractivity contribution is -0.384. The third-order valence-corrected chi connectivity index (χ3v) is 2.82. The molecular formula is C13H21N3O2. The van der Waals surface area contributed by atoms with Gasteiger partial charge in [0.05, 0.1) is 4.92 Å². The first-order valence-electron chi connectivity index (χ1n) is 6.38. The summed E-state index contributed by atoms with van der Waals surface area (Å²) in [6.07, 6.45) is 1.16. The zero-order valence-corrected chi connectivity index (χ0v) is 11.1. The van der Waals surface area contributed by atoms with Gasteiger partial charge in [0.15, 0.2) is 0 Å². The van der Waals surface area contributed by atoms with Crippen LogP contribution in [0.4, 0.5) is 11.4 Å². The number of nitrogens with one attached hydrogen (secondary N) is 1. The number of benzene rings is 1. The number of nitro benzene ring substituents is 1. The van der Waals surface area contributed by atoms with Gasteiger partial charge in [-0.15, -0.1) is 0 Å². The second-order valence-corrected chi connectivity index (χ2v) is 4.17. The number of non-ortho nitro benzene ring substituents is 1. The van der Waals surface area contributed by atoms with E-state index in [1.807, 2.05) is 0 Å². The van der Waals surface area contributed by atoms with Crippen molar-refractivity contribution in [3.63, 3.8) is 0 Å². The van der Waals surface area contributed by atoms with Gasteiger partial charge in [0.2, 0.25) is 0 Å². The summed E-state index contributed by atoms with van der Waals surface area (Å²) in [6.45, 7) is 8.33. The number of hydrogen-bond donors (Lipinski definition) is 1. The molecule has 0 saturated heterocycles. The van der Waals surface area contributed by atoms with Gasteiger partial charge in [0.1, 0.15) is 0 Å². The standard InChI is InChI=1S/C13H21N3O2/c1-3-10-15(4-2)11-9-14-12-5-7-13(8-6-12)16(17)18/h5-8,14H,3-4,9-11H2,1-2H3. The molecule has 0 bridgehead atoms. The Labute approximate surface area is 108 Å². The summed E-state index contributed by atoms with van der Waals surface area (Å²) < 4.78 is 0. The SMILES string of the molecule is CCCN(CC)CCNc1ccc([N+](=O)[O-])cc1. The average molecular weight is 251 g/mol. The van der Waals surface area contributed by atoms with Crippen LogP contribution in [0.5, 0.6) is 0 Å². The fourth-order valence-electron chi connectivity index (χ4n) is 1.80. The van der Waals surface area contributed by atoms with E-state index in [-0.39, 0.29) is 10.6 Å². The molecule has 1 aromatic carbocycles. The Morgan fingerprint density at radius 3 is 2.39 bits per heavy atom. The van der Waals surface area contributed by atoms with E-state index in [1.54, 1.807) is 12.1 Å². The second kappa shape index (κ2) is 7.66. The minimum Gasteiger partial charge on any atom is -0.384 e. The van der Waals surface area contributed by atoms with Gasteiger partial charge >= 0.3 is 0 Å². The molecular weight excluding hydrogens is 230 g/mol. The predicted octanol–water partition coefficient (Wildman–Crippen LogP) is 2.74. The van der Waals surface area contributed by atoms with Crippen molar-refractivity contribution < 1.29 is 4.92 Å². The van der Waals surface area contributed by atoms with Crippen LogP contribution in [0.25, 0.3) is 0 Å². The average Bonchev–Trinajstić information content (AvgIpc) is 2.38. The summed E-state index contributed by atoms with van der Waals surface area (Å²) in [7, 11) is 0. The number of likely N-dealkylation sites (N-methyl/N-ethyl adjacent to an activating group) is 1. The number of nitro groups is 1. The van der Waals surface area contributed by atoms with Crippen molar-refractivity contribution in [1.82, 2.24) is 4.90 Å². The topological polar surface area (TPSA) is 58.4 Å². The first-order chi connectivity index (χ1) is 8.67. The molecule has 1 aromatic rings. The quantitative estimate of drug-likeness (QED) is 0.570. The van der Waals surface area contributed by atoms with Gasteiger partial charge in [0.25, 0.3) is 5.69 Å². The highest BCUT2D eigenvalue weighted by Crippen LogP contribution is 2.14. The van der Waals surface area contributed by atoms with E-state index in [1.165, 1.54) is 12.1 Å². The second-order valence-electron chi connectivity index (χ2n) is 4.17. The zero-order valence-electron chi connectivity index (χ0n) is 11.1. The molecule has 0 heterocycles. The molecule has 5 nitrogen and oxygen atoms in total. The number of rotatable bonds is 8. The van der Waals surface area contributed by atoms with Crippen LogP contribution < -0.4 is 5.32 Å². The molecule has 0 aliphatic rings. The molecule has 0 amide bonds. The van der Waals surface area contributed by atoms with E-state index in [9.17, 15) is 10.1 Å². The largest absolute Gasteiger partial charge is 0.384 e. The summed E-state index contributed by atoms with van der Waals surface area (Å²) in [5.41, 5.74) is 1.05. The summed E-state index contributed by atoms with van der Waals surface area (Å²) in [6, 6.07) is 6.53. The Morgan fingerprint density at radius 2 is 1.89 bits per heavy atom. The maximum atomic E-state index is 10.5. The smallest absolute Gasteiger partial charge is 0.269 e. The lowest BCUT2D eigenvalue weighted by Crippen LogP contribution is -2.29. The van der Waals surface area contributed by atoms with Crippen LogP contribution in [0.1, 0.15) is 20.3 Å². The highest BCUT2D eigenvalue weighted by molar-refractivity contribution is 5.48. The Balaban J connectivity index is 2.37. The van der Waals surface area contributed by atoms with Crippen molar-refractivity contribution >= 4 is 11.4 Å². The van der Waals surface area contributed by atoms with Gasteiger partial charge in [-0.25, -0.2) is 0 Å². The van der Waals surface area contributed by atoms with Crippen molar-refractivity contribution in [2.75, 3.05) is 31.5 Å². The molecule has 100 valence electrons. The fourth-order valence-corrected chi connectivity index (χ4v) is 1.80. The van der Waals surface area contributed by atoms with Crippen LogP contribution in [-0.2, 0) is 0 Å². The van der Waals surface area contributed by atoms with Gasteiger partial charge in [-0.3, -0.25) is 10.1 Å². The molecule has 0 fully saturated rings. The Morgan fingerprint density at radius 1 is 1.22 bits per heavy atom. The molecule has 1 rings (SSSR count). The van der Waals surface area contributed by atoms with Crippen LogP contribution in [0.15, 0.2) is 24.3 Å². The Bertz CT molecular complexity index is 365. The lowest BCUT2D eigenvalue weighted by Gasteiger charge is -2.19.